The maximum Gasteiger partial charge on any atom is 0.300 e. The van der Waals surface area contributed by atoms with Gasteiger partial charge in [0.2, 0.25) is 0 Å². The molecule has 174 valence electrons. The molecule has 5 rings (SSSR count). The van der Waals surface area contributed by atoms with E-state index in [1.165, 1.54) is 18.2 Å². The number of ketones is 1. The van der Waals surface area contributed by atoms with Crippen molar-refractivity contribution in [3.05, 3.63) is 112 Å². The summed E-state index contributed by atoms with van der Waals surface area (Å²) in [5, 5.41) is 22.7. The van der Waals surface area contributed by atoms with E-state index in [1.807, 2.05) is 18.2 Å². The summed E-state index contributed by atoms with van der Waals surface area (Å²) < 4.78 is 27.7. The summed E-state index contributed by atoms with van der Waals surface area (Å²) in [5.74, 6) is -5.03. The number of Topliss-reactive ketones (excluding diaryl/α,β-unsaturated/α-hetero) is 1. The van der Waals surface area contributed by atoms with Crippen LogP contribution in [-0.4, -0.2) is 21.9 Å². The van der Waals surface area contributed by atoms with E-state index >= 15 is 0 Å². The van der Waals surface area contributed by atoms with E-state index in [-0.39, 0.29) is 27.6 Å². The minimum absolute atomic E-state index is 0.0523. The number of aliphatic hydroxyl groups excluding tert-OH is 1. The molecular formula is C27H16ClF2NO4. The maximum absolute atomic E-state index is 14.1. The zero-order chi connectivity index (χ0) is 24.9. The van der Waals surface area contributed by atoms with Gasteiger partial charge in [-0.15, -0.1) is 0 Å². The normalized spacial score (nSPS) is 17.3. The van der Waals surface area contributed by atoms with Crippen molar-refractivity contribution in [2.45, 2.75) is 6.04 Å². The van der Waals surface area contributed by atoms with Gasteiger partial charge < -0.3 is 10.2 Å². The van der Waals surface area contributed by atoms with Gasteiger partial charge >= 0.3 is 0 Å². The van der Waals surface area contributed by atoms with Crippen molar-refractivity contribution in [2.24, 2.45) is 0 Å². The standard InChI is InChI=1S/C27H16ClF2NO4/c28-19-12-15(8-11-22(19)32)24-23(25(33)18-7-3-5-14-4-1-2-6-17(14)18)26(34)27(35)31(24)16-9-10-20(29)21(30)13-16/h1-13,24,32-33H/b25-23-. The number of phenols is 1. The third-order valence-electron chi connectivity index (χ3n) is 5.96. The Morgan fingerprint density at radius 2 is 1.63 bits per heavy atom. The fraction of sp³-hybridized carbons (Fsp3) is 0.0370. The molecule has 1 aliphatic heterocycles. The molecule has 1 heterocycles. The molecule has 2 N–H and O–H groups in total. The van der Waals surface area contributed by atoms with Crippen LogP contribution in [0.2, 0.25) is 5.02 Å². The van der Waals surface area contributed by atoms with Crippen molar-refractivity contribution in [2.75, 3.05) is 4.90 Å². The van der Waals surface area contributed by atoms with Crippen molar-refractivity contribution in [1.82, 2.24) is 0 Å². The Bertz CT molecular complexity index is 1560. The molecule has 8 heteroatoms. The summed E-state index contributed by atoms with van der Waals surface area (Å²) >= 11 is 6.10. The Hall–Kier alpha value is -4.23. The topological polar surface area (TPSA) is 77.8 Å². The lowest BCUT2D eigenvalue weighted by molar-refractivity contribution is -0.132. The molecule has 4 aromatic carbocycles. The summed E-state index contributed by atoms with van der Waals surface area (Å²) in [5.41, 5.74) is 0.259. The van der Waals surface area contributed by atoms with Gasteiger partial charge in [0.25, 0.3) is 11.7 Å². The number of nitrogens with zero attached hydrogens (tertiary/aromatic N) is 1. The summed E-state index contributed by atoms with van der Waals surface area (Å²) in [7, 11) is 0. The molecule has 1 aliphatic rings. The highest BCUT2D eigenvalue weighted by Gasteiger charge is 2.47. The first kappa shape index (κ1) is 22.6. The van der Waals surface area contributed by atoms with Crippen LogP contribution >= 0.6 is 11.6 Å². The van der Waals surface area contributed by atoms with Gasteiger partial charge in [0.15, 0.2) is 11.6 Å². The maximum atomic E-state index is 14.1. The number of fused-ring (bicyclic) bond motifs is 1. The number of halogens is 3. The number of hydrogen-bond acceptors (Lipinski definition) is 4. The van der Waals surface area contributed by atoms with Gasteiger partial charge in [-0.05, 0) is 40.6 Å². The number of carbonyl (C=O) groups excluding carboxylic acids is 2. The number of phenolic OH excluding ortho intramolecular Hbond substituents is 1. The molecule has 35 heavy (non-hydrogen) atoms. The quantitative estimate of drug-likeness (QED) is 0.206. The highest BCUT2D eigenvalue weighted by molar-refractivity contribution is 6.52. The van der Waals surface area contributed by atoms with Crippen LogP contribution in [0, 0.1) is 11.6 Å². The van der Waals surface area contributed by atoms with E-state index < -0.39 is 35.1 Å². The summed E-state index contributed by atoms with van der Waals surface area (Å²) in [4.78, 5) is 27.4. The van der Waals surface area contributed by atoms with Crippen LogP contribution in [0.1, 0.15) is 17.2 Å². The molecular weight excluding hydrogens is 476 g/mol. The largest absolute Gasteiger partial charge is 0.507 e. The molecule has 1 unspecified atom stereocenters. The zero-order valence-corrected chi connectivity index (χ0v) is 18.6. The number of aliphatic hydroxyl groups is 1. The average Bonchev–Trinajstić information content (AvgIpc) is 3.12. The second kappa shape index (κ2) is 8.52. The molecule has 0 radical (unpaired) electrons. The van der Waals surface area contributed by atoms with Crippen molar-refractivity contribution < 1.29 is 28.6 Å². The number of amides is 1. The fourth-order valence-corrected chi connectivity index (χ4v) is 4.51. The highest BCUT2D eigenvalue weighted by Crippen LogP contribution is 2.44. The number of hydrogen-bond donors (Lipinski definition) is 2. The Kier molecular flexibility index (Phi) is 5.49. The lowest BCUT2D eigenvalue weighted by Gasteiger charge is -2.26. The van der Waals surface area contributed by atoms with Gasteiger partial charge in [-0.3, -0.25) is 14.5 Å². The van der Waals surface area contributed by atoms with Gasteiger partial charge in [-0.25, -0.2) is 8.78 Å². The number of anilines is 1. The van der Waals surface area contributed by atoms with E-state index in [0.717, 1.165) is 28.5 Å². The van der Waals surface area contributed by atoms with Gasteiger partial charge in [0.1, 0.15) is 11.5 Å². The molecule has 0 aliphatic carbocycles. The molecule has 4 aromatic rings. The summed E-state index contributed by atoms with van der Waals surface area (Å²) in [6.45, 7) is 0. The third kappa shape index (κ3) is 3.70. The first-order chi connectivity index (χ1) is 16.8. The van der Waals surface area contributed by atoms with Gasteiger partial charge in [0.05, 0.1) is 16.6 Å². The molecule has 0 bridgehead atoms. The van der Waals surface area contributed by atoms with E-state index in [2.05, 4.69) is 0 Å². The second-order valence-electron chi connectivity index (χ2n) is 8.01. The average molecular weight is 492 g/mol. The molecule has 0 saturated carbocycles. The number of aromatic hydroxyl groups is 1. The summed E-state index contributed by atoms with van der Waals surface area (Å²) in [6.07, 6.45) is 0. The lowest BCUT2D eigenvalue weighted by atomic mass is 9.93. The van der Waals surface area contributed by atoms with Crippen molar-refractivity contribution in [3.63, 3.8) is 0 Å². The van der Waals surface area contributed by atoms with Gasteiger partial charge in [-0.2, -0.15) is 0 Å². The molecule has 0 spiro atoms. The molecule has 1 fully saturated rings. The monoisotopic (exact) mass is 491 g/mol. The van der Waals surface area contributed by atoms with Crippen LogP contribution in [-0.2, 0) is 9.59 Å². The Morgan fingerprint density at radius 3 is 2.37 bits per heavy atom. The van der Waals surface area contributed by atoms with Crippen LogP contribution in [0.15, 0.2) is 84.4 Å². The van der Waals surface area contributed by atoms with Crippen molar-refractivity contribution in [1.29, 1.82) is 0 Å². The van der Waals surface area contributed by atoms with E-state index in [1.54, 1.807) is 24.3 Å². The smallest absolute Gasteiger partial charge is 0.300 e. The molecule has 1 amide bonds. The van der Waals surface area contributed by atoms with Crippen LogP contribution in [0.25, 0.3) is 16.5 Å². The predicted molar refractivity (Wildman–Crippen MR) is 128 cm³/mol. The van der Waals surface area contributed by atoms with Crippen molar-refractivity contribution in [3.8, 4) is 5.75 Å². The summed E-state index contributed by atoms with van der Waals surface area (Å²) in [6, 6.07) is 18.0. The zero-order valence-electron chi connectivity index (χ0n) is 17.9. The van der Waals surface area contributed by atoms with Gasteiger partial charge in [-0.1, -0.05) is 60.1 Å². The van der Waals surface area contributed by atoms with Crippen molar-refractivity contribution >= 4 is 45.5 Å². The number of rotatable bonds is 3. The van der Waals surface area contributed by atoms with E-state index in [9.17, 15) is 28.6 Å². The van der Waals surface area contributed by atoms with Crippen LogP contribution in [0.5, 0.6) is 5.75 Å². The number of carbonyl (C=O) groups is 2. The highest BCUT2D eigenvalue weighted by atomic mass is 35.5. The van der Waals surface area contributed by atoms with Crippen LogP contribution in [0.4, 0.5) is 14.5 Å². The SMILES string of the molecule is O=C1C(=O)N(c2ccc(F)c(F)c2)C(c2ccc(O)c(Cl)c2)/C1=C(/O)c1cccc2ccccc12. The Morgan fingerprint density at radius 1 is 0.886 bits per heavy atom. The Labute approximate surface area is 203 Å². The van der Waals surface area contributed by atoms with Gasteiger partial charge in [0, 0.05) is 17.3 Å². The van der Waals surface area contributed by atoms with Crippen LogP contribution in [0.3, 0.4) is 0 Å². The third-order valence-corrected chi connectivity index (χ3v) is 6.26. The first-order valence-electron chi connectivity index (χ1n) is 10.5. The number of benzene rings is 4. The first-order valence-corrected chi connectivity index (χ1v) is 10.9. The minimum Gasteiger partial charge on any atom is -0.507 e. The lowest BCUT2D eigenvalue weighted by Crippen LogP contribution is -2.29. The molecule has 0 aromatic heterocycles. The predicted octanol–water partition coefficient (Wildman–Crippen LogP) is 6.10. The van der Waals surface area contributed by atoms with E-state index in [4.69, 9.17) is 11.6 Å². The molecule has 1 saturated heterocycles. The molecule has 1 atom stereocenters. The molecule has 5 nitrogen and oxygen atoms in total. The fourth-order valence-electron chi connectivity index (χ4n) is 4.32. The van der Waals surface area contributed by atoms with E-state index in [0.29, 0.717) is 10.9 Å². The minimum atomic E-state index is -1.23. The Balaban J connectivity index is 1.79. The second-order valence-corrected chi connectivity index (χ2v) is 8.41. The van der Waals surface area contributed by atoms with Crippen LogP contribution < -0.4 is 4.90 Å².